The van der Waals surface area contributed by atoms with Gasteiger partial charge in [0.2, 0.25) is 5.91 Å². The van der Waals surface area contributed by atoms with Crippen molar-refractivity contribution in [3.63, 3.8) is 0 Å². The fourth-order valence-electron chi connectivity index (χ4n) is 2.91. The van der Waals surface area contributed by atoms with Crippen LogP contribution in [0.15, 0.2) is 36.7 Å². The van der Waals surface area contributed by atoms with Gasteiger partial charge in [-0.1, -0.05) is 0 Å². The van der Waals surface area contributed by atoms with E-state index >= 15 is 0 Å². The third-order valence-electron chi connectivity index (χ3n) is 4.30. The number of aromatic nitrogens is 2. The number of anilines is 2. The minimum absolute atomic E-state index is 0.159. The van der Waals surface area contributed by atoms with Crippen LogP contribution < -0.4 is 15.5 Å². The monoisotopic (exact) mass is 341 g/mol. The van der Waals surface area contributed by atoms with Crippen LogP contribution in [0.1, 0.15) is 25.1 Å². The quantitative estimate of drug-likeness (QED) is 0.793. The first-order chi connectivity index (χ1) is 12.1. The second-order valence-corrected chi connectivity index (χ2v) is 6.10. The second kappa shape index (κ2) is 7.83. The van der Waals surface area contributed by atoms with E-state index < -0.39 is 0 Å². The van der Waals surface area contributed by atoms with Gasteiger partial charge in [-0.2, -0.15) is 0 Å². The standard InChI is InChI=1S/C18H23N5O2/c1-14-19-10-13-22(14)11-3-9-20-18(25)21-15-5-7-16(8-6-15)23-12-2-4-17(23)24/h5-8,10,13H,2-4,9,11-12H2,1H3,(H2,20,21,25). The molecule has 1 aromatic heterocycles. The molecule has 1 saturated heterocycles. The van der Waals surface area contributed by atoms with Gasteiger partial charge in [-0.3, -0.25) is 4.79 Å². The van der Waals surface area contributed by atoms with E-state index in [0.717, 1.165) is 37.4 Å². The topological polar surface area (TPSA) is 79.3 Å². The van der Waals surface area contributed by atoms with Gasteiger partial charge in [0.1, 0.15) is 5.82 Å². The molecule has 0 unspecified atom stereocenters. The average Bonchev–Trinajstić information content (AvgIpc) is 3.21. The highest BCUT2D eigenvalue weighted by atomic mass is 16.2. The highest BCUT2D eigenvalue weighted by molar-refractivity contribution is 5.96. The summed E-state index contributed by atoms with van der Waals surface area (Å²) in [4.78, 5) is 29.6. The molecule has 0 bridgehead atoms. The number of amides is 3. The molecule has 0 aliphatic carbocycles. The van der Waals surface area contributed by atoms with Crippen molar-refractivity contribution in [2.45, 2.75) is 32.7 Å². The maximum absolute atomic E-state index is 11.9. The van der Waals surface area contributed by atoms with Crippen LogP contribution in [0.25, 0.3) is 0 Å². The number of benzene rings is 1. The minimum atomic E-state index is -0.229. The lowest BCUT2D eigenvalue weighted by Crippen LogP contribution is -2.30. The van der Waals surface area contributed by atoms with Crippen LogP contribution in [-0.2, 0) is 11.3 Å². The van der Waals surface area contributed by atoms with Gasteiger partial charge in [0, 0.05) is 49.8 Å². The van der Waals surface area contributed by atoms with Crippen molar-refractivity contribution in [2.24, 2.45) is 0 Å². The van der Waals surface area contributed by atoms with Gasteiger partial charge in [0.05, 0.1) is 0 Å². The summed E-state index contributed by atoms with van der Waals surface area (Å²) in [6.45, 7) is 4.14. The molecule has 1 fully saturated rings. The molecule has 0 atom stereocenters. The fraction of sp³-hybridized carbons (Fsp3) is 0.389. The molecule has 132 valence electrons. The molecule has 2 aromatic rings. The van der Waals surface area contributed by atoms with Gasteiger partial charge >= 0.3 is 6.03 Å². The number of urea groups is 1. The lowest BCUT2D eigenvalue weighted by atomic mass is 10.2. The lowest BCUT2D eigenvalue weighted by molar-refractivity contribution is -0.117. The first kappa shape index (κ1) is 17.0. The Morgan fingerprint density at radius 1 is 1.28 bits per heavy atom. The Kier molecular flexibility index (Phi) is 5.33. The molecule has 7 nitrogen and oxygen atoms in total. The van der Waals surface area contributed by atoms with Crippen LogP contribution in [0.4, 0.5) is 16.2 Å². The molecule has 2 N–H and O–H groups in total. The van der Waals surface area contributed by atoms with Gasteiger partial charge in [-0.25, -0.2) is 9.78 Å². The largest absolute Gasteiger partial charge is 0.338 e. The summed E-state index contributed by atoms with van der Waals surface area (Å²) in [5.74, 6) is 1.13. The van der Waals surface area contributed by atoms with Crippen molar-refractivity contribution < 1.29 is 9.59 Å². The summed E-state index contributed by atoms with van der Waals surface area (Å²) in [6.07, 6.45) is 6.05. The van der Waals surface area contributed by atoms with E-state index in [1.807, 2.05) is 37.4 Å². The molecule has 1 aliphatic heterocycles. The van der Waals surface area contributed by atoms with E-state index in [-0.39, 0.29) is 11.9 Å². The van der Waals surface area contributed by atoms with Crippen molar-refractivity contribution in [1.29, 1.82) is 0 Å². The van der Waals surface area contributed by atoms with Gasteiger partial charge in [-0.15, -0.1) is 0 Å². The van der Waals surface area contributed by atoms with Gasteiger partial charge in [-0.05, 0) is 44.0 Å². The van der Waals surface area contributed by atoms with Crippen molar-refractivity contribution in [3.05, 3.63) is 42.5 Å². The smallest absolute Gasteiger partial charge is 0.319 e. The SMILES string of the molecule is Cc1nccn1CCCNC(=O)Nc1ccc(N2CCCC2=O)cc1. The number of carbonyl (C=O) groups excluding carboxylic acids is 2. The van der Waals surface area contributed by atoms with Crippen molar-refractivity contribution >= 4 is 23.3 Å². The van der Waals surface area contributed by atoms with Crippen LogP contribution in [-0.4, -0.2) is 34.6 Å². The maximum Gasteiger partial charge on any atom is 0.319 e. The first-order valence-electron chi connectivity index (χ1n) is 8.56. The Balaban J connectivity index is 1.41. The van der Waals surface area contributed by atoms with Crippen LogP contribution in [0.5, 0.6) is 0 Å². The molecule has 0 saturated carbocycles. The van der Waals surface area contributed by atoms with E-state index in [9.17, 15) is 9.59 Å². The van der Waals surface area contributed by atoms with E-state index in [1.165, 1.54) is 0 Å². The predicted molar refractivity (Wildman–Crippen MR) is 96.6 cm³/mol. The number of nitrogens with one attached hydrogen (secondary N) is 2. The molecule has 3 rings (SSSR count). The molecular formula is C18H23N5O2. The van der Waals surface area contributed by atoms with Crippen molar-refractivity contribution in [2.75, 3.05) is 23.3 Å². The second-order valence-electron chi connectivity index (χ2n) is 6.10. The normalized spacial score (nSPS) is 14.0. The summed E-state index contributed by atoms with van der Waals surface area (Å²) in [6, 6.07) is 7.12. The van der Waals surface area contributed by atoms with Crippen LogP contribution in [0.2, 0.25) is 0 Å². The number of hydrogen-bond acceptors (Lipinski definition) is 3. The Labute approximate surface area is 147 Å². The molecular weight excluding hydrogens is 318 g/mol. The number of aryl methyl sites for hydroxylation is 2. The van der Waals surface area contributed by atoms with E-state index in [1.54, 1.807) is 11.1 Å². The number of rotatable bonds is 6. The first-order valence-corrected chi connectivity index (χ1v) is 8.56. The zero-order chi connectivity index (χ0) is 17.6. The van der Waals surface area contributed by atoms with E-state index in [2.05, 4.69) is 20.2 Å². The molecule has 1 aliphatic rings. The van der Waals surface area contributed by atoms with Crippen molar-refractivity contribution in [3.8, 4) is 0 Å². The maximum atomic E-state index is 11.9. The molecule has 1 aromatic carbocycles. The van der Waals surface area contributed by atoms with Crippen LogP contribution >= 0.6 is 0 Å². The Morgan fingerprint density at radius 2 is 2.08 bits per heavy atom. The number of imidazole rings is 1. The van der Waals surface area contributed by atoms with Gasteiger partial charge < -0.3 is 20.1 Å². The molecule has 0 radical (unpaired) electrons. The zero-order valence-electron chi connectivity index (χ0n) is 14.4. The number of hydrogen-bond donors (Lipinski definition) is 2. The molecule has 7 heteroatoms. The summed E-state index contributed by atoms with van der Waals surface area (Å²) in [5, 5.41) is 5.64. The van der Waals surface area contributed by atoms with Crippen LogP contribution in [0, 0.1) is 6.92 Å². The van der Waals surface area contributed by atoms with Crippen LogP contribution in [0.3, 0.4) is 0 Å². The number of carbonyl (C=O) groups is 2. The Hall–Kier alpha value is -2.83. The fourth-order valence-corrected chi connectivity index (χ4v) is 2.91. The van der Waals surface area contributed by atoms with Crippen molar-refractivity contribution in [1.82, 2.24) is 14.9 Å². The third kappa shape index (κ3) is 4.37. The molecule has 2 heterocycles. The lowest BCUT2D eigenvalue weighted by Gasteiger charge is -2.16. The predicted octanol–water partition coefficient (Wildman–Crippen LogP) is 2.53. The summed E-state index contributed by atoms with van der Waals surface area (Å²) in [5.41, 5.74) is 1.59. The van der Waals surface area contributed by atoms with Gasteiger partial charge in [0.25, 0.3) is 0 Å². The Bertz CT molecular complexity index is 738. The highest BCUT2D eigenvalue weighted by Crippen LogP contribution is 2.22. The molecule has 25 heavy (non-hydrogen) atoms. The summed E-state index contributed by atoms with van der Waals surface area (Å²) in [7, 11) is 0. The van der Waals surface area contributed by atoms with E-state index in [0.29, 0.717) is 18.7 Å². The average molecular weight is 341 g/mol. The minimum Gasteiger partial charge on any atom is -0.338 e. The molecule has 3 amide bonds. The third-order valence-corrected chi connectivity index (χ3v) is 4.30. The highest BCUT2D eigenvalue weighted by Gasteiger charge is 2.21. The van der Waals surface area contributed by atoms with E-state index in [4.69, 9.17) is 0 Å². The number of nitrogens with zero attached hydrogens (tertiary/aromatic N) is 3. The zero-order valence-corrected chi connectivity index (χ0v) is 14.4. The summed E-state index contributed by atoms with van der Waals surface area (Å²) >= 11 is 0. The van der Waals surface area contributed by atoms with Gasteiger partial charge in [0.15, 0.2) is 0 Å². The molecule has 0 spiro atoms. The Morgan fingerprint density at radius 3 is 2.72 bits per heavy atom. The summed E-state index contributed by atoms with van der Waals surface area (Å²) < 4.78 is 2.05.